The first-order valence-electron chi connectivity index (χ1n) is 8.24. The second-order valence-corrected chi connectivity index (χ2v) is 7.33. The van der Waals surface area contributed by atoms with Crippen LogP contribution in [0.2, 0.25) is 5.02 Å². The molecule has 1 aliphatic heterocycles. The van der Waals surface area contributed by atoms with E-state index in [0.29, 0.717) is 34.8 Å². The lowest BCUT2D eigenvalue weighted by Crippen LogP contribution is -2.23. The highest BCUT2D eigenvalue weighted by Crippen LogP contribution is 2.35. The number of hydrogen-bond donors (Lipinski definition) is 0. The monoisotopic (exact) mass is 400 g/mol. The summed E-state index contributed by atoms with van der Waals surface area (Å²) in [5, 5.41) is 14.4. The summed E-state index contributed by atoms with van der Waals surface area (Å²) in [6.07, 6.45) is -0.373. The Bertz CT molecular complexity index is 1100. The molecule has 0 N–H and O–H groups in total. The first kappa shape index (κ1) is 16.3. The largest absolute Gasteiger partial charge is 0.486 e. The third-order valence-corrected chi connectivity index (χ3v) is 5.15. The molecule has 7 nitrogen and oxygen atoms in total. The number of halogens is 1. The van der Waals surface area contributed by atoms with E-state index in [1.165, 1.54) is 11.3 Å². The quantitative estimate of drug-likeness (QED) is 0.517. The third kappa shape index (κ3) is 3.17. The maximum Gasteiger partial charge on any atom is 0.234 e. The van der Waals surface area contributed by atoms with E-state index in [2.05, 4.69) is 15.3 Å². The molecule has 1 unspecified atom stereocenters. The molecule has 0 radical (unpaired) electrons. The Hall–Kier alpha value is -2.84. The van der Waals surface area contributed by atoms with Crippen molar-refractivity contribution in [2.24, 2.45) is 0 Å². The highest BCUT2D eigenvalue weighted by atomic mass is 35.5. The number of nitrogens with zero attached hydrogens (tertiary/aromatic N) is 4. The third-order valence-electron chi connectivity index (χ3n) is 4.03. The number of benzene rings is 2. The van der Waals surface area contributed by atoms with Crippen LogP contribution >= 0.6 is 22.9 Å². The summed E-state index contributed by atoms with van der Waals surface area (Å²) in [6.45, 7) is 0.686. The summed E-state index contributed by atoms with van der Waals surface area (Å²) >= 11 is 7.30. The van der Waals surface area contributed by atoms with Crippen molar-refractivity contribution < 1.29 is 14.2 Å². The molecule has 2 aromatic heterocycles. The Morgan fingerprint density at radius 1 is 1.11 bits per heavy atom. The van der Waals surface area contributed by atoms with Crippen molar-refractivity contribution in [2.45, 2.75) is 12.7 Å². The van der Waals surface area contributed by atoms with Gasteiger partial charge in [0.2, 0.25) is 4.96 Å². The number of rotatable bonds is 4. The van der Waals surface area contributed by atoms with Crippen LogP contribution < -0.4 is 14.2 Å². The van der Waals surface area contributed by atoms with Crippen molar-refractivity contribution in [1.82, 2.24) is 19.8 Å². The van der Waals surface area contributed by atoms with Crippen molar-refractivity contribution in [3.05, 3.63) is 64.4 Å². The fourth-order valence-electron chi connectivity index (χ4n) is 2.75. The van der Waals surface area contributed by atoms with E-state index in [1.54, 1.807) is 16.6 Å². The van der Waals surface area contributed by atoms with Gasteiger partial charge in [-0.25, -0.2) is 0 Å². The van der Waals surface area contributed by atoms with Crippen LogP contribution in [0.25, 0.3) is 4.96 Å². The molecule has 0 aliphatic carbocycles. The molecule has 9 heteroatoms. The molecule has 0 bridgehead atoms. The van der Waals surface area contributed by atoms with Gasteiger partial charge in [0.25, 0.3) is 0 Å². The molecule has 0 fully saturated rings. The second kappa shape index (κ2) is 6.71. The normalized spacial score (nSPS) is 15.8. The van der Waals surface area contributed by atoms with Gasteiger partial charge in [-0.3, -0.25) is 0 Å². The van der Waals surface area contributed by atoms with E-state index >= 15 is 0 Å². The molecule has 0 saturated carbocycles. The molecular formula is C18H13ClN4O3S. The van der Waals surface area contributed by atoms with Crippen LogP contribution in [-0.4, -0.2) is 26.4 Å². The van der Waals surface area contributed by atoms with Crippen LogP contribution in [-0.2, 0) is 6.61 Å². The van der Waals surface area contributed by atoms with E-state index in [4.69, 9.17) is 25.8 Å². The van der Waals surface area contributed by atoms with Crippen LogP contribution in [0.15, 0.2) is 48.5 Å². The Labute approximate surface area is 163 Å². The molecule has 2 aromatic carbocycles. The van der Waals surface area contributed by atoms with Gasteiger partial charge in [-0.1, -0.05) is 35.1 Å². The first-order chi connectivity index (χ1) is 13.3. The summed E-state index contributed by atoms with van der Waals surface area (Å²) in [7, 11) is 0. The highest BCUT2D eigenvalue weighted by Gasteiger charge is 2.28. The average molecular weight is 401 g/mol. The van der Waals surface area contributed by atoms with Crippen LogP contribution in [0.1, 0.15) is 16.9 Å². The van der Waals surface area contributed by atoms with Crippen molar-refractivity contribution in [3.8, 4) is 17.2 Å². The number of ether oxygens (including phenoxy) is 3. The molecule has 27 heavy (non-hydrogen) atoms. The maximum absolute atomic E-state index is 6.01. The number of aromatic nitrogens is 4. The minimum absolute atomic E-state index is 0.333. The predicted molar refractivity (Wildman–Crippen MR) is 99.7 cm³/mol. The van der Waals surface area contributed by atoms with Gasteiger partial charge in [0.1, 0.15) is 19.0 Å². The van der Waals surface area contributed by atoms with Crippen LogP contribution in [0.4, 0.5) is 0 Å². The van der Waals surface area contributed by atoms with Crippen LogP contribution in [0.5, 0.6) is 17.2 Å². The standard InChI is InChI=1S/C18H13ClN4O3S/c19-11-5-7-12(8-6-11)24-10-16-22-23-17(20-21-18(23)27-16)15-9-25-13-3-1-2-4-14(13)26-15/h1-8,15H,9-10H2. The lowest BCUT2D eigenvalue weighted by Gasteiger charge is -2.24. The fourth-order valence-corrected chi connectivity index (χ4v) is 3.63. The smallest absolute Gasteiger partial charge is 0.234 e. The molecule has 0 spiro atoms. The topological polar surface area (TPSA) is 70.8 Å². The summed E-state index contributed by atoms with van der Waals surface area (Å²) in [6, 6.07) is 14.8. The highest BCUT2D eigenvalue weighted by molar-refractivity contribution is 7.16. The minimum Gasteiger partial charge on any atom is -0.486 e. The number of hydrogen-bond acceptors (Lipinski definition) is 7. The molecule has 0 saturated heterocycles. The minimum atomic E-state index is -0.373. The van der Waals surface area contributed by atoms with Crippen LogP contribution in [0, 0.1) is 0 Å². The van der Waals surface area contributed by atoms with Crippen molar-refractivity contribution in [2.75, 3.05) is 6.61 Å². The van der Waals surface area contributed by atoms with E-state index in [0.717, 1.165) is 16.5 Å². The Kier molecular flexibility index (Phi) is 4.06. The molecule has 0 amide bonds. The van der Waals surface area contributed by atoms with E-state index < -0.39 is 0 Å². The van der Waals surface area contributed by atoms with Gasteiger partial charge >= 0.3 is 0 Å². The van der Waals surface area contributed by atoms with Gasteiger partial charge in [-0.05, 0) is 36.4 Å². The number of para-hydroxylation sites is 2. The fraction of sp³-hybridized carbons (Fsp3) is 0.167. The van der Waals surface area contributed by atoms with Gasteiger partial charge < -0.3 is 14.2 Å². The zero-order chi connectivity index (χ0) is 18.2. The second-order valence-electron chi connectivity index (χ2n) is 5.86. The van der Waals surface area contributed by atoms with Crippen LogP contribution in [0.3, 0.4) is 0 Å². The van der Waals surface area contributed by atoms with Crippen molar-refractivity contribution in [3.63, 3.8) is 0 Å². The van der Waals surface area contributed by atoms with Gasteiger partial charge in [0, 0.05) is 5.02 Å². The Morgan fingerprint density at radius 2 is 1.93 bits per heavy atom. The Morgan fingerprint density at radius 3 is 2.78 bits per heavy atom. The summed E-state index contributed by atoms with van der Waals surface area (Å²) in [5.41, 5.74) is 0. The predicted octanol–water partition coefficient (Wildman–Crippen LogP) is 3.93. The molecule has 136 valence electrons. The van der Waals surface area contributed by atoms with Gasteiger partial charge in [-0.2, -0.15) is 9.61 Å². The van der Waals surface area contributed by atoms with Gasteiger partial charge in [0.05, 0.1) is 0 Å². The van der Waals surface area contributed by atoms with E-state index in [-0.39, 0.29) is 6.10 Å². The Balaban J connectivity index is 1.35. The van der Waals surface area contributed by atoms with Gasteiger partial charge in [-0.15, -0.1) is 10.2 Å². The zero-order valence-corrected chi connectivity index (χ0v) is 15.5. The first-order valence-corrected chi connectivity index (χ1v) is 9.43. The molecular weight excluding hydrogens is 388 g/mol. The lowest BCUT2D eigenvalue weighted by atomic mass is 10.2. The molecule has 4 aromatic rings. The molecule has 5 rings (SSSR count). The maximum atomic E-state index is 6.01. The summed E-state index contributed by atoms with van der Waals surface area (Å²) in [4.78, 5) is 0.683. The van der Waals surface area contributed by atoms with E-state index in [9.17, 15) is 0 Å². The lowest BCUT2D eigenvalue weighted by molar-refractivity contribution is 0.0835. The summed E-state index contributed by atoms with van der Waals surface area (Å²) in [5.74, 6) is 2.75. The summed E-state index contributed by atoms with van der Waals surface area (Å²) < 4.78 is 19.2. The SMILES string of the molecule is Clc1ccc(OCc2nn3c(C4COc5ccccc5O4)nnc3s2)cc1. The van der Waals surface area contributed by atoms with E-state index in [1.807, 2.05) is 36.4 Å². The van der Waals surface area contributed by atoms with Gasteiger partial charge in [0.15, 0.2) is 28.4 Å². The number of fused-ring (bicyclic) bond motifs is 2. The van der Waals surface area contributed by atoms with Crippen molar-refractivity contribution in [1.29, 1.82) is 0 Å². The molecule has 1 atom stereocenters. The zero-order valence-electron chi connectivity index (χ0n) is 13.9. The van der Waals surface area contributed by atoms with Crippen molar-refractivity contribution >= 4 is 27.9 Å². The average Bonchev–Trinajstić information content (AvgIpc) is 3.27. The molecule has 3 heterocycles. The molecule has 1 aliphatic rings.